The smallest absolute Gasteiger partial charge is 0.166 e. The Kier molecular flexibility index (Phi) is 3.38. The molecule has 0 bridgehead atoms. The van der Waals surface area contributed by atoms with E-state index in [0.717, 1.165) is 12.1 Å². The van der Waals surface area contributed by atoms with Crippen LogP contribution in [0, 0.1) is 0 Å². The fourth-order valence-electron chi connectivity index (χ4n) is 0.747. The van der Waals surface area contributed by atoms with Crippen molar-refractivity contribution >= 4 is 30.7 Å². The third-order valence-electron chi connectivity index (χ3n) is 1.36. The van der Waals surface area contributed by atoms with E-state index in [1.54, 1.807) is 0 Å². The zero-order valence-electron chi connectivity index (χ0n) is 6.11. The molecule has 1 aromatic carbocycles. The quantitative estimate of drug-likeness (QED) is 0.659. The van der Waals surface area contributed by atoms with Crippen molar-refractivity contribution < 1.29 is 13.2 Å². The minimum absolute atomic E-state index is 0.483. The Labute approximate surface area is 85.0 Å². The molecule has 0 N–H and O–H groups in total. The molecule has 0 aliphatic rings. The number of benzene rings is 1. The topological polar surface area (TPSA) is 0 Å². The van der Waals surface area contributed by atoms with Crippen molar-refractivity contribution in [2.24, 2.45) is 0 Å². The molecule has 0 atom stereocenters. The lowest BCUT2D eigenvalue weighted by molar-refractivity contribution is -0.137. The first-order valence-electron chi connectivity index (χ1n) is 3.15. The van der Waals surface area contributed by atoms with E-state index in [0.29, 0.717) is 4.90 Å². The predicted molar refractivity (Wildman–Crippen MR) is 48.8 cm³/mol. The van der Waals surface area contributed by atoms with E-state index in [9.17, 15) is 13.2 Å². The van der Waals surface area contributed by atoms with Crippen molar-refractivity contribution in [1.82, 2.24) is 0 Å². The van der Waals surface area contributed by atoms with Gasteiger partial charge in [-0.1, -0.05) is 0 Å². The summed E-state index contributed by atoms with van der Waals surface area (Å²) in [5.74, 6) is 0. The molecule has 0 aromatic heterocycles. The predicted octanol–water partition coefficient (Wildman–Crippen LogP) is 3.99. The van der Waals surface area contributed by atoms with Gasteiger partial charge in [0.25, 0.3) is 9.32 Å². The molecule has 0 heterocycles. The van der Waals surface area contributed by atoms with Crippen molar-refractivity contribution in [3.63, 3.8) is 0 Å². The summed E-state index contributed by atoms with van der Waals surface area (Å²) in [6, 6.07) is 4.46. The molecule has 0 saturated carbocycles. The number of hydrogen-bond donors (Lipinski definition) is 0. The largest absolute Gasteiger partial charge is 0.416 e. The average Bonchev–Trinajstić information content (AvgIpc) is 2.03. The third-order valence-corrected chi connectivity index (χ3v) is 3.06. The molecule has 0 unspecified atom stereocenters. The first kappa shape index (κ1) is 11.0. The van der Waals surface area contributed by atoms with Crippen LogP contribution in [0.5, 0.6) is 0 Å². The van der Waals surface area contributed by atoms with Gasteiger partial charge in [-0.3, -0.25) is 0 Å². The van der Waals surface area contributed by atoms with Gasteiger partial charge in [-0.05, 0) is 24.3 Å². The summed E-state index contributed by atoms with van der Waals surface area (Å²) < 4.78 is 36.2. The Hall–Kier alpha value is -0.0600. The summed E-state index contributed by atoms with van der Waals surface area (Å²) in [6.07, 6.45) is -4.31. The van der Waals surface area contributed by atoms with Gasteiger partial charge < -0.3 is 0 Å². The standard InChI is InChI=1S/C7H4Cl2F3S/c8-13(9)6-3-1-5(2-4-6)7(10,11)12/h1-4H/q+1. The normalized spacial score (nSPS) is 12.2. The van der Waals surface area contributed by atoms with Gasteiger partial charge in [0.2, 0.25) is 21.4 Å². The maximum Gasteiger partial charge on any atom is 0.416 e. The van der Waals surface area contributed by atoms with Gasteiger partial charge in [-0.15, -0.1) is 0 Å². The zero-order valence-corrected chi connectivity index (χ0v) is 8.44. The highest BCUT2D eigenvalue weighted by atomic mass is 36.0. The van der Waals surface area contributed by atoms with Crippen LogP contribution in [0.3, 0.4) is 0 Å². The molecule has 6 heteroatoms. The van der Waals surface area contributed by atoms with Crippen LogP contribution in [-0.2, 0) is 15.5 Å². The second-order valence-corrected chi connectivity index (χ2v) is 5.46. The van der Waals surface area contributed by atoms with Gasteiger partial charge in [0.15, 0.2) is 4.90 Å². The molecule has 1 rings (SSSR count). The maximum atomic E-state index is 12.1. The van der Waals surface area contributed by atoms with Gasteiger partial charge in [-0.25, -0.2) is 0 Å². The molecule has 0 spiro atoms. The van der Waals surface area contributed by atoms with E-state index in [4.69, 9.17) is 21.4 Å². The van der Waals surface area contributed by atoms with Crippen molar-refractivity contribution in [1.29, 1.82) is 0 Å². The van der Waals surface area contributed by atoms with Gasteiger partial charge in [0.1, 0.15) is 0 Å². The SMILES string of the molecule is FC(F)(F)c1ccc([S+](Cl)Cl)cc1. The second kappa shape index (κ2) is 3.98. The summed E-state index contributed by atoms with van der Waals surface area (Å²) >= 11 is 0. The van der Waals surface area contributed by atoms with E-state index < -0.39 is 21.1 Å². The van der Waals surface area contributed by atoms with Crippen LogP contribution >= 0.6 is 21.4 Å². The lowest BCUT2D eigenvalue weighted by atomic mass is 10.2. The molecular weight excluding hydrogens is 244 g/mol. The number of rotatable bonds is 1. The van der Waals surface area contributed by atoms with Crippen molar-refractivity contribution in [3.05, 3.63) is 29.8 Å². The summed E-state index contributed by atoms with van der Waals surface area (Å²) in [4.78, 5) is 0.483. The lowest BCUT2D eigenvalue weighted by Crippen LogP contribution is -2.04. The molecule has 1 aromatic rings. The minimum atomic E-state index is -4.31. The van der Waals surface area contributed by atoms with Crippen LogP contribution in [-0.4, -0.2) is 0 Å². The van der Waals surface area contributed by atoms with Gasteiger partial charge in [0.05, 0.1) is 5.56 Å². The number of halogens is 5. The van der Waals surface area contributed by atoms with Crippen molar-refractivity contribution in [2.45, 2.75) is 11.1 Å². The van der Waals surface area contributed by atoms with Crippen molar-refractivity contribution in [2.75, 3.05) is 0 Å². The lowest BCUT2D eigenvalue weighted by Gasteiger charge is -2.04. The van der Waals surface area contributed by atoms with E-state index in [1.165, 1.54) is 12.1 Å². The molecular formula is C7H4Cl2F3S+. The van der Waals surface area contributed by atoms with Gasteiger partial charge >= 0.3 is 6.18 Å². The van der Waals surface area contributed by atoms with E-state index in [2.05, 4.69) is 0 Å². The molecule has 0 aliphatic carbocycles. The van der Waals surface area contributed by atoms with Crippen molar-refractivity contribution in [3.8, 4) is 0 Å². The maximum absolute atomic E-state index is 12.1. The third kappa shape index (κ3) is 2.97. The highest BCUT2D eigenvalue weighted by Crippen LogP contribution is 2.31. The van der Waals surface area contributed by atoms with E-state index >= 15 is 0 Å². The Balaban J connectivity index is 2.94. The van der Waals surface area contributed by atoms with Crippen LogP contribution in [0.4, 0.5) is 13.2 Å². The van der Waals surface area contributed by atoms with Gasteiger partial charge in [-0.2, -0.15) is 13.2 Å². The molecule has 72 valence electrons. The summed E-state index contributed by atoms with van der Waals surface area (Å²) in [5.41, 5.74) is -0.699. The fraction of sp³-hybridized carbons (Fsp3) is 0.143. The monoisotopic (exact) mass is 247 g/mol. The average molecular weight is 248 g/mol. The Morgan fingerprint density at radius 3 is 1.77 bits per heavy atom. The molecule has 0 nitrogen and oxygen atoms in total. The van der Waals surface area contributed by atoms with Crippen LogP contribution in [0.1, 0.15) is 5.56 Å². The number of hydrogen-bond acceptors (Lipinski definition) is 0. The summed E-state index contributed by atoms with van der Waals surface area (Å²) in [5, 5.41) is 0. The minimum Gasteiger partial charge on any atom is -0.166 e. The van der Waals surface area contributed by atoms with Gasteiger partial charge in [0, 0.05) is 0 Å². The highest BCUT2D eigenvalue weighted by molar-refractivity contribution is 8.35. The first-order chi connectivity index (χ1) is 5.91. The fourth-order valence-corrected chi connectivity index (χ4v) is 1.71. The molecule has 0 amide bonds. The highest BCUT2D eigenvalue weighted by Gasteiger charge is 2.31. The van der Waals surface area contributed by atoms with Crippen LogP contribution < -0.4 is 0 Å². The van der Waals surface area contributed by atoms with Crippen LogP contribution in [0.15, 0.2) is 29.2 Å². The molecule has 0 radical (unpaired) electrons. The van der Waals surface area contributed by atoms with E-state index in [1.807, 2.05) is 0 Å². The molecule has 0 fully saturated rings. The second-order valence-electron chi connectivity index (χ2n) is 2.23. The molecule has 0 aliphatic heterocycles. The molecule has 13 heavy (non-hydrogen) atoms. The first-order valence-corrected chi connectivity index (χ1v) is 6.03. The Bertz CT molecular complexity index is 281. The Morgan fingerprint density at radius 1 is 1.00 bits per heavy atom. The van der Waals surface area contributed by atoms with Crippen LogP contribution in [0.25, 0.3) is 0 Å². The number of alkyl halides is 3. The molecule has 0 saturated heterocycles. The van der Waals surface area contributed by atoms with Crippen LogP contribution in [0.2, 0.25) is 0 Å². The zero-order chi connectivity index (χ0) is 10.1. The van der Waals surface area contributed by atoms with E-state index in [-0.39, 0.29) is 0 Å². The summed E-state index contributed by atoms with van der Waals surface area (Å²) in [7, 11) is 9.93. The Morgan fingerprint density at radius 2 is 1.46 bits per heavy atom. The summed E-state index contributed by atoms with van der Waals surface area (Å²) in [6.45, 7) is 0.